The number of hydrogen-bond donors (Lipinski definition) is 2. The van der Waals surface area contributed by atoms with Gasteiger partial charge in [0.2, 0.25) is 0 Å². The van der Waals surface area contributed by atoms with Crippen LogP contribution in [0.15, 0.2) is 85.2 Å². The number of carbonyl (C=O) groups excluding carboxylic acids is 2. The SMILES string of the molecule is O=C(Nc1ccccc1C(=O)NCc1cn2ccccc2n1)c1ccccc1. The van der Waals surface area contributed by atoms with E-state index in [0.29, 0.717) is 23.4 Å². The number of carbonyl (C=O) groups is 2. The Labute approximate surface area is 161 Å². The average Bonchev–Trinajstić information content (AvgIpc) is 3.16. The number of para-hydroxylation sites is 1. The van der Waals surface area contributed by atoms with Gasteiger partial charge in [-0.15, -0.1) is 0 Å². The second kappa shape index (κ2) is 7.75. The van der Waals surface area contributed by atoms with E-state index >= 15 is 0 Å². The first-order valence-corrected chi connectivity index (χ1v) is 8.87. The molecule has 2 aromatic carbocycles. The molecule has 0 fully saturated rings. The molecule has 0 unspecified atom stereocenters. The third kappa shape index (κ3) is 3.76. The van der Waals surface area contributed by atoms with Crippen LogP contribution in [-0.2, 0) is 6.54 Å². The van der Waals surface area contributed by atoms with Gasteiger partial charge in [-0.25, -0.2) is 4.98 Å². The predicted molar refractivity (Wildman–Crippen MR) is 107 cm³/mol. The van der Waals surface area contributed by atoms with Gasteiger partial charge in [0.05, 0.1) is 23.5 Å². The molecule has 28 heavy (non-hydrogen) atoms. The molecule has 2 N–H and O–H groups in total. The standard InChI is InChI=1S/C22H18N4O2/c27-21(16-8-2-1-3-9-16)25-19-11-5-4-10-18(19)22(28)23-14-17-15-26-13-7-6-12-20(26)24-17/h1-13,15H,14H2,(H,23,28)(H,25,27). The summed E-state index contributed by atoms with van der Waals surface area (Å²) in [5, 5.41) is 5.67. The van der Waals surface area contributed by atoms with Crippen LogP contribution in [-0.4, -0.2) is 21.2 Å². The van der Waals surface area contributed by atoms with E-state index in [4.69, 9.17) is 0 Å². The highest BCUT2D eigenvalue weighted by molar-refractivity contribution is 6.08. The minimum atomic E-state index is -0.277. The van der Waals surface area contributed by atoms with E-state index in [0.717, 1.165) is 11.3 Å². The quantitative estimate of drug-likeness (QED) is 0.564. The van der Waals surface area contributed by atoms with Crippen LogP contribution in [0.1, 0.15) is 26.4 Å². The summed E-state index contributed by atoms with van der Waals surface area (Å²) < 4.78 is 1.90. The number of nitrogens with one attached hydrogen (secondary N) is 2. The Balaban J connectivity index is 1.47. The summed E-state index contributed by atoms with van der Waals surface area (Å²) in [6, 6.07) is 21.5. The zero-order valence-electron chi connectivity index (χ0n) is 15.0. The van der Waals surface area contributed by atoms with Crippen molar-refractivity contribution in [2.24, 2.45) is 0 Å². The van der Waals surface area contributed by atoms with Crippen LogP contribution < -0.4 is 10.6 Å². The van der Waals surface area contributed by atoms with E-state index in [1.54, 1.807) is 48.5 Å². The molecule has 2 aromatic heterocycles. The first-order valence-electron chi connectivity index (χ1n) is 8.87. The number of pyridine rings is 1. The van der Waals surface area contributed by atoms with Gasteiger partial charge in [0.15, 0.2) is 0 Å². The Morgan fingerprint density at radius 1 is 0.857 bits per heavy atom. The molecule has 138 valence electrons. The van der Waals surface area contributed by atoms with Crippen LogP contribution in [0.25, 0.3) is 5.65 Å². The molecule has 4 aromatic rings. The lowest BCUT2D eigenvalue weighted by molar-refractivity contribution is 0.0951. The molecule has 2 heterocycles. The molecule has 2 amide bonds. The summed E-state index contributed by atoms with van der Waals surface area (Å²) in [5.74, 6) is -0.540. The van der Waals surface area contributed by atoms with Crippen molar-refractivity contribution in [1.82, 2.24) is 14.7 Å². The van der Waals surface area contributed by atoms with Crippen LogP contribution in [0.5, 0.6) is 0 Å². The van der Waals surface area contributed by atoms with E-state index in [1.807, 2.05) is 41.1 Å². The van der Waals surface area contributed by atoms with E-state index < -0.39 is 0 Å². The molecule has 0 aliphatic carbocycles. The van der Waals surface area contributed by atoms with Crippen molar-refractivity contribution in [3.63, 3.8) is 0 Å². The first kappa shape index (κ1) is 17.5. The average molecular weight is 370 g/mol. The van der Waals surface area contributed by atoms with Gasteiger partial charge in [-0.3, -0.25) is 9.59 Å². The molecule has 0 saturated heterocycles. The Morgan fingerprint density at radius 3 is 2.43 bits per heavy atom. The molecule has 4 rings (SSSR count). The fourth-order valence-electron chi connectivity index (χ4n) is 2.91. The number of fused-ring (bicyclic) bond motifs is 1. The van der Waals surface area contributed by atoms with E-state index in [9.17, 15) is 9.59 Å². The monoisotopic (exact) mass is 370 g/mol. The lowest BCUT2D eigenvalue weighted by Crippen LogP contribution is -2.25. The molecule has 0 atom stereocenters. The van der Waals surface area contributed by atoms with Crippen molar-refractivity contribution in [3.05, 3.63) is 102 Å². The third-order valence-corrected chi connectivity index (χ3v) is 4.30. The summed E-state index contributed by atoms with van der Waals surface area (Å²) in [6.07, 6.45) is 3.78. The summed E-state index contributed by atoms with van der Waals surface area (Å²) in [5.41, 5.74) is 2.97. The molecule has 0 spiro atoms. The first-order chi connectivity index (χ1) is 13.7. The summed E-state index contributed by atoms with van der Waals surface area (Å²) in [4.78, 5) is 29.6. The molecule has 0 aliphatic heterocycles. The molecular formula is C22H18N4O2. The Bertz CT molecular complexity index is 1100. The van der Waals surface area contributed by atoms with Crippen molar-refractivity contribution in [1.29, 1.82) is 0 Å². The number of benzene rings is 2. The number of nitrogens with zero attached hydrogens (tertiary/aromatic N) is 2. The number of aromatic nitrogens is 2. The highest BCUT2D eigenvalue weighted by atomic mass is 16.2. The van der Waals surface area contributed by atoms with Crippen LogP contribution in [0, 0.1) is 0 Å². The molecule has 0 bridgehead atoms. The molecular weight excluding hydrogens is 352 g/mol. The maximum Gasteiger partial charge on any atom is 0.255 e. The summed E-state index contributed by atoms with van der Waals surface area (Å²) in [7, 11) is 0. The highest BCUT2D eigenvalue weighted by Crippen LogP contribution is 2.16. The summed E-state index contributed by atoms with van der Waals surface area (Å²) in [6.45, 7) is 0.293. The van der Waals surface area contributed by atoms with E-state index in [2.05, 4.69) is 15.6 Å². The largest absolute Gasteiger partial charge is 0.346 e. The molecule has 0 aliphatic rings. The zero-order valence-corrected chi connectivity index (χ0v) is 15.0. The molecule has 0 saturated carbocycles. The maximum atomic E-state index is 12.7. The van der Waals surface area contributed by atoms with E-state index in [1.165, 1.54) is 0 Å². The van der Waals surface area contributed by atoms with Crippen molar-refractivity contribution < 1.29 is 9.59 Å². The van der Waals surface area contributed by atoms with Gasteiger partial charge in [-0.2, -0.15) is 0 Å². The van der Waals surface area contributed by atoms with Gasteiger partial charge < -0.3 is 15.0 Å². The Kier molecular flexibility index (Phi) is 4.84. The number of imidazole rings is 1. The Morgan fingerprint density at radius 2 is 1.61 bits per heavy atom. The van der Waals surface area contributed by atoms with Gasteiger partial charge in [0.25, 0.3) is 11.8 Å². The van der Waals surface area contributed by atoms with Crippen LogP contribution in [0.2, 0.25) is 0 Å². The van der Waals surface area contributed by atoms with Crippen molar-refractivity contribution in [2.75, 3.05) is 5.32 Å². The minimum absolute atomic E-state index is 0.263. The smallest absolute Gasteiger partial charge is 0.255 e. The third-order valence-electron chi connectivity index (χ3n) is 4.30. The summed E-state index contributed by atoms with van der Waals surface area (Å²) >= 11 is 0. The predicted octanol–water partition coefficient (Wildman–Crippen LogP) is 3.52. The number of anilines is 1. The van der Waals surface area contributed by atoms with Gasteiger partial charge >= 0.3 is 0 Å². The molecule has 6 heteroatoms. The number of hydrogen-bond acceptors (Lipinski definition) is 3. The lowest BCUT2D eigenvalue weighted by Gasteiger charge is -2.11. The zero-order chi connectivity index (χ0) is 19.3. The van der Waals surface area contributed by atoms with Crippen LogP contribution in [0.4, 0.5) is 5.69 Å². The van der Waals surface area contributed by atoms with Crippen molar-refractivity contribution >= 4 is 23.1 Å². The fourth-order valence-corrected chi connectivity index (χ4v) is 2.91. The lowest BCUT2D eigenvalue weighted by atomic mass is 10.1. The fraction of sp³-hybridized carbons (Fsp3) is 0.0455. The number of rotatable bonds is 5. The maximum absolute atomic E-state index is 12.7. The topological polar surface area (TPSA) is 75.5 Å². The van der Waals surface area contributed by atoms with Gasteiger partial charge in [-0.1, -0.05) is 36.4 Å². The second-order valence-corrected chi connectivity index (χ2v) is 6.25. The van der Waals surface area contributed by atoms with Crippen LogP contribution >= 0.6 is 0 Å². The number of amides is 2. The Hall–Kier alpha value is -3.93. The van der Waals surface area contributed by atoms with Gasteiger partial charge in [-0.05, 0) is 36.4 Å². The highest BCUT2D eigenvalue weighted by Gasteiger charge is 2.14. The van der Waals surface area contributed by atoms with Crippen molar-refractivity contribution in [3.8, 4) is 0 Å². The molecule has 0 radical (unpaired) electrons. The van der Waals surface area contributed by atoms with Gasteiger partial charge in [0.1, 0.15) is 5.65 Å². The molecule has 6 nitrogen and oxygen atoms in total. The van der Waals surface area contributed by atoms with E-state index in [-0.39, 0.29) is 11.8 Å². The minimum Gasteiger partial charge on any atom is -0.346 e. The van der Waals surface area contributed by atoms with Crippen LogP contribution in [0.3, 0.4) is 0 Å². The normalized spacial score (nSPS) is 10.6. The van der Waals surface area contributed by atoms with Crippen molar-refractivity contribution in [2.45, 2.75) is 6.54 Å². The second-order valence-electron chi connectivity index (χ2n) is 6.25. The van der Waals surface area contributed by atoms with Gasteiger partial charge in [0, 0.05) is 18.0 Å².